The molecule has 0 radical (unpaired) electrons. The minimum atomic E-state index is 0. The molecule has 0 saturated carbocycles. The summed E-state index contributed by atoms with van der Waals surface area (Å²) in [6.45, 7) is 4.53. The average Bonchev–Trinajstić information content (AvgIpc) is 3.30. The Morgan fingerprint density at radius 2 is 2.26 bits per heavy atom. The predicted octanol–water partition coefficient (Wildman–Crippen LogP) is 3.92. The quantitative estimate of drug-likeness (QED) is 0.782. The second kappa shape index (κ2) is 8.91. The molecule has 2 aliphatic rings. The highest BCUT2D eigenvalue weighted by Crippen LogP contribution is 2.36. The number of fused-ring (bicyclic) bond motifs is 1. The zero-order valence-electron chi connectivity index (χ0n) is 15.2. The lowest BCUT2D eigenvalue weighted by Crippen LogP contribution is -2.34. The lowest BCUT2D eigenvalue weighted by atomic mass is 9.85. The standard InChI is InChI=1S/C19H23N3O3S.ClH/c1-12(14-3-2-6-20-9-14)7-18(23)22-19-21-15(10-26-19)13-4-5-16-17(8-13)25-11-24-16;/h4-5,8,10,12,14,20H,2-3,6-7,9,11H2,1H3,(H,21,22,23);1H. The van der Waals surface area contributed by atoms with Gasteiger partial charge in [-0.05, 0) is 56.0 Å². The number of halogens is 1. The Morgan fingerprint density at radius 1 is 1.41 bits per heavy atom. The Morgan fingerprint density at radius 3 is 3.07 bits per heavy atom. The van der Waals surface area contributed by atoms with Crippen LogP contribution in [0.4, 0.5) is 5.13 Å². The van der Waals surface area contributed by atoms with Gasteiger partial charge < -0.3 is 20.1 Å². The maximum atomic E-state index is 12.4. The number of nitrogens with zero attached hydrogens (tertiary/aromatic N) is 1. The van der Waals surface area contributed by atoms with Crippen LogP contribution in [-0.2, 0) is 4.79 Å². The SMILES string of the molecule is CC(CC(=O)Nc1nc(-c2ccc3c(c2)OCO3)cs1)C1CCCNC1.Cl. The molecule has 8 heteroatoms. The molecule has 2 aliphatic heterocycles. The van der Waals surface area contributed by atoms with E-state index in [9.17, 15) is 4.79 Å². The van der Waals surface area contributed by atoms with Crippen molar-refractivity contribution in [3.8, 4) is 22.8 Å². The third-order valence-electron chi connectivity index (χ3n) is 5.07. The summed E-state index contributed by atoms with van der Waals surface area (Å²) in [6.07, 6.45) is 2.93. The van der Waals surface area contributed by atoms with Crippen LogP contribution in [0.25, 0.3) is 11.3 Å². The van der Waals surface area contributed by atoms with Crippen LogP contribution in [0.5, 0.6) is 11.5 Å². The number of piperidine rings is 1. The van der Waals surface area contributed by atoms with Crippen molar-refractivity contribution in [1.29, 1.82) is 0 Å². The molecule has 2 unspecified atom stereocenters. The van der Waals surface area contributed by atoms with Gasteiger partial charge in [-0.2, -0.15) is 0 Å². The van der Waals surface area contributed by atoms with Crippen LogP contribution >= 0.6 is 23.7 Å². The first-order valence-corrected chi connectivity index (χ1v) is 9.93. The molecule has 2 N–H and O–H groups in total. The Labute approximate surface area is 169 Å². The van der Waals surface area contributed by atoms with Crippen LogP contribution in [0.2, 0.25) is 0 Å². The van der Waals surface area contributed by atoms with E-state index in [0.29, 0.717) is 23.4 Å². The first kappa shape index (κ1) is 19.9. The maximum Gasteiger partial charge on any atom is 0.231 e. The molecule has 0 bridgehead atoms. The highest BCUT2D eigenvalue weighted by Gasteiger charge is 2.22. The van der Waals surface area contributed by atoms with E-state index in [0.717, 1.165) is 35.8 Å². The zero-order chi connectivity index (χ0) is 17.9. The van der Waals surface area contributed by atoms with Crippen LogP contribution < -0.4 is 20.1 Å². The van der Waals surface area contributed by atoms with Crippen LogP contribution in [0.1, 0.15) is 26.2 Å². The van der Waals surface area contributed by atoms with E-state index in [1.165, 1.54) is 24.2 Å². The van der Waals surface area contributed by atoms with Crippen LogP contribution in [0.3, 0.4) is 0 Å². The number of nitrogens with one attached hydrogen (secondary N) is 2. The number of rotatable bonds is 5. The summed E-state index contributed by atoms with van der Waals surface area (Å²) >= 11 is 1.44. The fraction of sp³-hybridized carbons (Fsp3) is 0.474. The molecule has 1 amide bonds. The highest BCUT2D eigenvalue weighted by atomic mass is 35.5. The van der Waals surface area contributed by atoms with Gasteiger partial charge >= 0.3 is 0 Å². The minimum Gasteiger partial charge on any atom is -0.454 e. The average molecular weight is 410 g/mol. The van der Waals surface area contributed by atoms with Crippen molar-refractivity contribution in [1.82, 2.24) is 10.3 Å². The van der Waals surface area contributed by atoms with Crippen molar-refractivity contribution >= 4 is 34.8 Å². The van der Waals surface area contributed by atoms with Gasteiger partial charge in [-0.1, -0.05) is 6.92 Å². The molecule has 1 aromatic carbocycles. The predicted molar refractivity (Wildman–Crippen MR) is 109 cm³/mol. The summed E-state index contributed by atoms with van der Waals surface area (Å²) in [5.41, 5.74) is 1.78. The Hall–Kier alpha value is -1.83. The molecule has 0 spiro atoms. The second-order valence-electron chi connectivity index (χ2n) is 6.94. The van der Waals surface area contributed by atoms with E-state index in [1.54, 1.807) is 0 Å². The number of benzene rings is 1. The normalized spacial score (nSPS) is 19.2. The van der Waals surface area contributed by atoms with Crippen molar-refractivity contribution in [2.24, 2.45) is 11.8 Å². The van der Waals surface area contributed by atoms with Crippen molar-refractivity contribution < 1.29 is 14.3 Å². The number of ether oxygens (including phenoxy) is 2. The summed E-state index contributed by atoms with van der Waals surface area (Å²) in [4.78, 5) is 16.9. The van der Waals surface area contributed by atoms with Crippen molar-refractivity contribution in [3.05, 3.63) is 23.6 Å². The largest absolute Gasteiger partial charge is 0.454 e. The zero-order valence-corrected chi connectivity index (χ0v) is 16.8. The molecule has 4 rings (SSSR count). The highest BCUT2D eigenvalue weighted by molar-refractivity contribution is 7.14. The topological polar surface area (TPSA) is 72.5 Å². The number of carbonyl (C=O) groups is 1. The smallest absolute Gasteiger partial charge is 0.231 e. The van der Waals surface area contributed by atoms with E-state index in [-0.39, 0.29) is 25.1 Å². The Balaban J connectivity index is 0.00000210. The van der Waals surface area contributed by atoms with Crippen LogP contribution in [0, 0.1) is 11.8 Å². The second-order valence-corrected chi connectivity index (χ2v) is 7.80. The number of anilines is 1. The molecule has 1 aromatic heterocycles. The summed E-state index contributed by atoms with van der Waals surface area (Å²) in [7, 11) is 0. The molecule has 27 heavy (non-hydrogen) atoms. The molecular weight excluding hydrogens is 386 g/mol. The van der Waals surface area contributed by atoms with E-state index in [2.05, 4.69) is 22.5 Å². The van der Waals surface area contributed by atoms with Gasteiger partial charge in [-0.25, -0.2) is 4.98 Å². The number of aromatic nitrogens is 1. The fourth-order valence-electron chi connectivity index (χ4n) is 3.51. The summed E-state index contributed by atoms with van der Waals surface area (Å²) < 4.78 is 10.7. The third-order valence-corrected chi connectivity index (χ3v) is 5.82. The Bertz CT molecular complexity index is 792. The molecule has 6 nitrogen and oxygen atoms in total. The number of hydrogen-bond acceptors (Lipinski definition) is 6. The molecule has 0 aliphatic carbocycles. The number of amides is 1. The van der Waals surface area contributed by atoms with Gasteiger partial charge in [-0.3, -0.25) is 4.79 Å². The third kappa shape index (κ3) is 4.72. The molecule has 1 saturated heterocycles. The Kier molecular flexibility index (Phi) is 6.57. The van der Waals surface area contributed by atoms with Crippen molar-refractivity contribution in [3.63, 3.8) is 0 Å². The summed E-state index contributed by atoms with van der Waals surface area (Å²) in [5.74, 6) is 2.47. The lowest BCUT2D eigenvalue weighted by molar-refractivity contribution is -0.117. The van der Waals surface area contributed by atoms with Gasteiger partial charge in [0, 0.05) is 17.4 Å². The number of carbonyl (C=O) groups excluding carboxylic acids is 1. The monoisotopic (exact) mass is 409 g/mol. The first-order chi connectivity index (χ1) is 12.7. The van der Waals surface area contributed by atoms with Gasteiger partial charge in [0.25, 0.3) is 0 Å². The van der Waals surface area contributed by atoms with Crippen molar-refractivity contribution in [2.45, 2.75) is 26.2 Å². The molecule has 1 fully saturated rings. The molecule has 2 atom stereocenters. The van der Waals surface area contributed by atoms with E-state index < -0.39 is 0 Å². The number of thiazole rings is 1. The maximum absolute atomic E-state index is 12.4. The molecule has 3 heterocycles. The summed E-state index contributed by atoms with van der Waals surface area (Å²) in [6, 6.07) is 5.75. The number of hydrogen-bond donors (Lipinski definition) is 2. The molecule has 146 valence electrons. The summed E-state index contributed by atoms with van der Waals surface area (Å²) in [5, 5.41) is 8.95. The molecule has 2 aromatic rings. The minimum absolute atomic E-state index is 0. The molecular formula is C19H24ClN3O3S. The van der Waals surface area contributed by atoms with Crippen LogP contribution in [0.15, 0.2) is 23.6 Å². The lowest BCUT2D eigenvalue weighted by Gasteiger charge is -2.27. The van der Waals surface area contributed by atoms with Gasteiger partial charge in [0.05, 0.1) is 5.69 Å². The fourth-order valence-corrected chi connectivity index (χ4v) is 4.25. The van der Waals surface area contributed by atoms with Crippen LogP contribution in [-0.4, -0.2) is 30.8 Å². The van der Waals surface area contributed by atoms with Gasteiger partial charge in [0.2, 0.25) is 12.7 Å². The van der Waals surface area contributed by atoms with E-state index in [4.69, 9.17) is 9.47 Å². The van der Waals surface area contributed by atoms with E-state index in [1.807, 2.05) is 23.6 Å². The van der Waals surface area contributed by atoms with Gasteiger partial charge in [0.1, 0.15) is 0 Å². The van der Waals surface area contributed by atoms with Gasteiger partial charge in [0.15, 0.2) is 16.6 Å². The van der Waals surface area contributed by atoms with E-state index >= 15 is 0 Å². The first-order valence-electron chi connectivity index (χ1n) is 9.05. The van der Waals surface area contributed by atoms with Gasteiger partial charge in [-0.15, -0.1) is 23.7 Å². The van der Waals surface area contributed by atoms with Crippen molar-refractivity contribution in [2.75, 3.05) is 25.2 Å².